The first-order chi connectivity index (χ1) is 8.98. The van der Waals surface area contributed by atoms with Gasteiger partial charge in [-0.25, -0.2) is 0 Å². The Kier molecular flexibility index (Phi) is 5.09. The monoisotopic (exact) mass is 280 g/mol. The number of ether oxygens (including phenoxy) is 1. The van der Waals surface area contributed by atoms with Gasteiger partial charge < -0.3 is 4.74 Å². The summed E-state index contributed by atoms with van der Waals surface area (Å²) in [6.07, 6.45) is 2.55. The van der Waals surface area contributed by atoms with Gasteiger partial charge in [-0.1, -0.05) is 6.42 Å². The van der Waals surface area contributed by atoms with Gasteiger partial charge in [0.25, 0.3) is 0 Å². The van der Waals surface area contributed by atoms with Crippen molar-refractivity contribution in [3.05, 3.63) is 0 Å². The van der Waals surface area contributed by atoms with E-state index in [4.69, 9.17) is 5.84 Å². The van der Waals surface area contributed by atoms with Gasteiger partial charge in [-0.05, 0) is 49.9 Å². The van der Waals surface area contributed by atoms with Gasteiger partial charge in [0.1, 0.15) is 6.61 Å². The predicted octanol–water partition coefficient (Wildman–Crippen LogP) is 2.61. The first-order valence-electron chi connectivity index (χ1n) is 7.08. The zero-order valence-electron chi connectivity index (χ0n) is 11.1. The minimum Gasteiger partial charge on any atom is -0.372 e. The summed E-state index contributed by atoms with van der Waals surface area (Å²) in [7, 11) is 0. The molecule has 0 aromatic rings. The van der Waals surface area contributed by atoms with Gasteiger partial charge in [0, 0.05) is 12.6 Å². The molecule has 0 saturated heterocycles. The SMILES string of the molecule is NNC(CCOCC(F)(F)F)CC1CC2CCC1C2. The van der Waals surface area contributed by atoms with E-state index in [1.807, 2.05) is 0 Å². The third-order valence-electron chi connectivity index (χ3n) is 4.58. The van der Waals surface area contributed by atoms with Crippen LogP contribution in [0.3, 0.4) is 0 Å². The van der Waals surface area contributed by atoms with E-state index < -0.39 is 12.8 Å². The molecule has 3 N–H and O–H groups in total. The van der Waals surface area contributed by atoms with E-state index in [9.17, 15) is 13.2 Å². The molecule has 0 aromatic heterocycles. The highest BCUT2D eigenvalue weighted by Gasteiger charge is 2.39. The second-order valence-corrected chi connectivity index (χ2v) is 5.99. The van der Waals surface area contributed by atoms with E-state index >= 15 is 0 Å². The quantitative estimate of drug-likeness (QED) is 0.428. The fraction of sp³-hybridized carbons (Fsp3) is 1.00. The molecule has 2 rings (SSSR count). The zero-order valence-corrected chi connectivity index (χ0v) is 11.1. The smallest absolute Gasteiger partial charge is 0.372 e. The number of alkyl halides is 3. The molecular formula is C13H23F3N2O. The number of hydrogen-bond acceptors (Lipinski definition) is 3. The number of nitrogens with two attached hydrogens (primary N) is 1. The van der Waals surface area contributed by atoms with E-state index in [2.05, 4.69) is 10.2 Å². The second-order valence-electron chi connectivity index (χ2n) is 5.99. The lowest BCUT2D eigenvalue weighted by atomic mass is 9.84. The molecule has 19 heavy (non-hydrogen) atoms. The van der Waals surface area contributed by atoms with Crippen LogP contribution in [0.5, 0.6) is 0 Å². The lowest BCUT2D eigenvalue weighted by molar-refractivity contribution is -0.174. The summed E-state index contributed by atoms with van der Waals surface area (Å²) in [4.78, 5) is 0. The van der Waals surface area contributed by atoms with Crippen molar-refractivity contribution < 1.29 is 17.9 Å². The van der Waals surface area contributed by atoms with Crippen LogP contribution in [-0.2, 0) is 4.74 Å². The van der Waals surface area contributed by atoms with Crippen LogP contribution in [0.2, 0.25) is 0 Å². The largest absolute Gasteiger partial charge is 0.411 e. The maximum Gasteiger partial charge on any atom is 0.411 e. The van der Waals surface area contributed by atoms with Crippen LogP contribution in [0.4, 0.5) is 13.2 Å². The molecule has 4 unspecified atom stereocenters. The van der Waals surface area contributed by atoms with Gasteiger partial charge in [0.2, 0.25) is 0 Å². The maximum atomic E-state index is 11.9. The minimum atomic E-state index is -4.24. The van der Waals surface area contributed by atoms with Crippen LogP contribution in [0, 0.1) is 17.8 Å². The Bertz CT molecular complexity index is 286. The normalized spacial score (nSPS) is 31.9. The van der Waals surface area contributed by atoms with Crippen molar-refractivity contribution in [1.29, 1.82) is 0 Å². The summed E-state index contributed by atoms with van der Waals surface area (Å²) in [5.74, 6) is 7.89. The third-order valence-corrected chi connectivity index (χ3v) is 4.58. The van der Waals surface area contributed by atoms with Crippen molar-refractivity contribution in [2.24, 2.45) is 23.6 Å². The highest BCUT2D eigenvalue weighted by Crippen LogP contribution is 2.49. The fourth-order valence-corrected chi connectivity index (χ4v) is 3.71. The third kappa shape index (κ3) is 4.61. The molecule has 2 aliphatic rings. The Labute approximate surface area is 112 Å². The topological polar surface area (TPSA) is 47.3 Å². The molecule has 2 bridgehead atoms. The average molecular weight is 280 g/mol. The number of halogens is 3. The van der Waals surface area contributed by atoms with Crippen molar-refractivity contribution in [3.63, 3.8) is 0 Å². The summed E-state index contributed by atoms with van der Waals surface area (Å²) >= 11 is 0. The van der Waals surface area contributed by atoms with Crippen LogP contribution in [-0.4, -0.2) is 25.4 Å². The molecule has 0 aromatic carbocycles. The van der Waals surface area contributed by atoms with Gasteiger partial charge in [0.15, 0.2) is 0 Å². The number of nitrogens with one attached hydrogen (secondary N) is 1. The van der Waals surface area contributed by atoms with Gasteiger partial charge >= 0.3 is 6.18 Å². The van der Waals surface area contributed by atoms with Crippen LogP contribution in [0.25, 0.3) is 0 Å². The second kappa shape index (κ2) is 6.41. The van der Waals surface area contributed by atoms with Crippen LogP contribution in [0.1, 0.15) is 38.5 Å². The Morgan fingerprint density at radius 3 is 2.58 bits per heavy atom. The Morgan fingerprint density at radius 1 is 1.26 bits per heavy atom. The van der Waals surface area contributed by atoms with Gasteiger partial charge in [-0.15, -0.1) is 0 Å². The highest BCUT2D eigenvalue weighted by atomic mass is 19.4. The Hall–Kier alpha value is -0.330. The van der Waals surface area contributed by atoms with Crippen LogP contribution < -0.4 is 11.3 Å². The molecule has 4 atom stereocenters. The molecule has 112 valence electrons. The summed E-state index contributed by atoms with van der Waals surface area (Å²) in [6.45, 7) is -1.06. The molecule has 0 spiro atoms. The first kappa shape index (κ1) is 15.1. The van der Waals surface area contributed by atoms with Crippen LogP contribution >= 0.6 is 0 Å². The molecule has 2 aliphatic carbocycles. The molecule has 0 aliphatic heterocycles. The zero-order chi connectivity index (χ0) is 13.9. The van der Waals surface area contributed by atoms with Crippen molar-refractivity contribution in [3.8, 4) is 0 Å². The van der Waals surface area contributed by atoms with E-state index in [0.717, 1.165) is 18.3 Å². The maximum absolute atomic E-state index is 11.9. The van der Waals surface area contributed by atoms with Crippen LogP contribution in [0.15, 0.2) is 0 Å². The summed E-state index contributed by atoms with van der Waals surface area (Å²) in [5.41, 5.74) is 2.72. The molecule has 6 heteroatoms. The molecular weight excluding hydrogens is 257 g/mol. The van der Waals surface area contributed by atoms with Crippen molar-refractivity contribution >= 4 is 0 Å². The number of rotatable bonds is 7. The number of fused-ring (bicyclic) bond motifs is 2. The molecule has 0 heterocycles. The summed E-state index contributed by atoms with van der Waals surface area (Å²) in [6, 6.07) is 0.0672. The van der Waals surface area contributed by atoms with Gasteiger partial charge in [-0.2, -0.15) is 13.2 Å². The molecule has 3 nitrogen and oxygen atoms in total. The summed E-state index contributed by atoms with van der Waals surface area (Å²) in [5, 5.41) is 0. The highest BCUT2D eigenvalue weighted by molar-refractivity contribution is 4.91. The Morgan fingerprint density at radius 2 is 2.05 bits per heavy atom. The number of hydrogen-bond donors (Lipinski definition) is 2. The predicted molar refractivity (Wildman–Crippen MR) is 66.2 cm³/mol. The molecule has 0 radical (unpaired) electrons. The first-order valence-corrected chi connectivity index (χ1v) is 7.08. The summed E-state index contributed by atoms with van der Waals surface area (Å²) < 4.78 is 40.4. The van der Waals surface area contributed by atoms with Gasteiger partial charge in [0.05, 0.1) is 0 Å². The van der Waals surface area contributed by atoms with E-state index in [1.165, 1.54) is 25.7 Å². The molecule has 0 amide bonds. The average Bonchev–Trinajstić information content (AvgIpc) is 2.93. The van der Waals surface area contributed by atoms with Crippen molar-refractivity contribution in [2.45, 2.75) is 50.7 Å². The molecule has 2 saturated carbocycles. The lowest BCUT2D eigenvalue weighted by Crippen LogP contribution is -2.38. The van der Waals surface area contributed by atoms with Crippen molar-refractivity contribution in [2.75, 3.05) is 13.2 Å². The lowest BCUT2D eigenvalue weighted by Gasteiger charge is -2.26. The number of hydrazine groups is 1. The van der Waals surface area contributed by atoms with Crippen molar-refractivity contribution in [1.82, 2.24) is 5.43 Å². The van der Waals surface area contributed by atoms with E-state index in [1.54, 1.807) is 0 Å². The molecule has 2 fully saturated rings. The van der Waals surface area contributed by atoms with E-state index in [0.29, 0.717) is 12.3 Å². The van der Waals surface area contributed by atoms with Gasteiger partial charge in [-0.3, -0.25) is 11.3 Å². The van der Waals surface area contributed by atoms with E-state index in [-0.39, 0.29) is 12.6 Å². The Balaban J connectivity index is 1.63. The minimum absolute atomic E-state index is 0.0672. The fourth-order valence-electron chi connectivity index (χ4n) is 3.71. The standard InChI is InChI=1S/C13H23F3N2O/c14-13(15,16)8-19-4-3-12(18-17)7-11-6-9-1-2-10(11)5-9/h9-12,18H,1-8,17H2.